The van der Waals surface area contributed by atoms with E-state index in [9.17, 15) is 0 Å². The molecule has 0 unspecified atom stereocenters. The van der Waals surface area contributed by atoms with E-state index in [1.165, 1.54) is 98.7 Å². The molecule has 0 radical (unpaired) electrons. The largest absolute Gasteiger partial charge is 0.0620 e. The van der Waals surface area contributed by atoms with Gasteiger partial charge in [0, 0.05) is 0 Å². The molecule has 0 amide bonds. The third-order valence-corrected chi connectivity index (χ3v) is 10.1. The number of rotatable bonds is 4. The van der Waals surface area contributed by atoms with E-state index >= 15 is 0 Å². The highest BCUT2D eigenvalue weighted by atomic mass is 14.2. The Bertz CT molecular complexity index is 2550. The van der Waals surface area contributed by atoms with Crippen molar-refractivity contribution in [2.24, 2.45) is 0 Å². The van der Waals surface area contributed by atoms with Crippen LogP contribution in [0.15, 0.2) is 170 Å². The molecule has 48 heavy (non-hydrogen) atoms. The number of fused-ring (bicyclic) bond motifs is 6. The second-order valence-electron chi connectivity index (χ2n) is 13.1. The molecule has 0 N–H and O–H groups in total. The van der Waals surface area contributed by atoms with Gasteiger partial charge in [0.1, 0.15) is 0 Å². The molecular weight excluding hydrogens is 577 g/mol. The first-order valence-electron chi connectivity index (χ1n) is 16.7. The van der Waals surface area contributed by atoms with Crippen LogP contribution >= 0.6 is 0 Å². The van der Waals surface area contributed by atoms with E-state index in [4.69, 9.17) is 0 Å². The molecular formula is C48H34. The van der Waals surface area contributed by atoms with Crippen molar-refractivity contribution in [1.82, 2.24) is 0 Å². The third-order valence-electron chi connectivity index (χ3n) is 10.1. The Hall–Kier alpha value is -5.98. The van der Waals surface area contributed by atoms with Gasteiger partial charge in [0.25, 0.3) is 0 Å². The van der Waals surface area contributed by atoms with Gasteiger partial charge in [-0.2, -0.15) is 0 Å². The zero-order valence-corrected chi connectivity index (χ0v) is 27.2. The molecule has 0 spiro atoms. The maximum absolute atomic E-state index is 2.36. The molecule has 9 aromatic rings. The minimum Gasteiger partial charge on any atom is -0.0620 e. The summed E-state index contributed by atoms with van der Waals surface area (Å²) in [6.45, 7) is 4.43. The van der Waals surface area contributed by atoms with Crippen LogP contribution in [0, 0.1) is 13.8 Å². The zero-order valence-electron chi connectivity index (χ0n) is 27.2. The third kappa shape index (κ3) is 4.86. The van der Waals surface area contributed by atoms with Gasteiger partial charge in [0.05, 0.1) is 0 Å². The van der Waals surface area contributed by atoms with E-state index < -0.39 is 0 Å². The molecule has 9 rings (SSSR count). The molecule has 0 heteroatoms. The minimum atomic E-state index is 1.22. The summed E-state index contributed by atoms with van der Waals surface area (Å²) in [4.78, 5) is 0. The first-order chi connectivity index (χ1) is 23.6. The van der Waals surface area contributed by atoms with Crippen LogP contribution in [-0.4, -0.2) is 0 Å². The molecule has 0 bridgehead atoms. The fourth-order valence-corrected chi connectivity index (χ4v) is 7.53. The van der Waals surface area contributed by atoms with Crippen molar-refractivity contribution in [2.75, 3.05) is 0 Å². The van der Waals surface area contributed by atoms with E-state index in [0.717, 1.165) is 0 Å². The predicted molar refractivity (Wildman–Crippen MR) is 208 cm³/mol. The van der Waals surface area contributed by atoms with Crippen molar-refractivity contribution in [2.45, 2.75) is 13.8 Å². The van der Waals surface area contributed by atoms with Crippen molar-refractivity contribution < 1.29 is 0 Å². The van der Waals surface area contributed by atoms with E-state index in [1.54, 1.807) is 0 Å². The summed E-state index contributed by atoms with van der Waals surface area (Å²) < 4.78 is 0. The molecule has 0 saturated carbocycles. The molecule has 0 atom stereocenters. The van der Waals surface area contributed by atoms with Crippen LogP contribution in [0.25, 0.3) is 87.6 Å². The van der Waals surface area contributed by atoms with Crippen molar-refractivity contribution in [3.63, 3.8) is 0 Å². The lowest BCUT2D eigenvalue weighted by Gasteiger charge is -2.15. The van der Waals surface area contributed by atoms with Crippen molar-refractivity contribution >= 4 is 43.1 Å². The Morgan fingerprint density at radius 2 is 0.667 bits per heavy atom. The number of hydrogen-bond acceptors (Lipinski definition) is 0. The van der Waals surface area contributed by atoms with Gasteiger partial charge in [-0.25, -0.2) is 0 Å². The Balaban J connectivity index is 1.22. The van der Waals surface area contributed by atoms with Crippen LogP contribution in [0.2, 0.25) is 0 Å². The second kappa shape index (κ2) is 11.4. The number of aryl methyl sites for hydroxylation is 2. The molecule has 0 fully saturated rings. The highest BCUT2D eigenvalue weighted by molar-refractivity contribution is 6.09. The van der Waals surface area contributed by atoms with Gasteiger partial charge in [-0.15, -0.1) is 0 Å². The smallest absolute Gasteiger partial charge is 0.0105 e. The summed E-state index contributed by atoms with van der Waals surface area (Å²) in [6.07, 6.45) is 0. The van der Waals surface area contributed by atoms with Crippen LogP contribution < -0.4 is 0 Å². The molecule has 0 aromatic heterocycles. The summed E-state index contributed by atoms with van der Waals surface area (Å²) in [5.41, 5.74) is 12.5. The highest BCUT2D eigenvalue weighted by Crippen LogP contribution is 2.38. The van der Waals surface area contributed by atoms with Crippen LogP contribution in [0.4, 0.5) is 0 Å². The lowest BCUT2D eigenvalue weighted by Crippen LogP contribution is -1.90. The maximum atomic E-state index is 2.36. The quantitative estimate of drug-likeness (QED) is 0.174. The average Bonchev–Trinajstić information content (AvgIpc) is 3.14. The molecule has 0 heterocycles. The molecule has 9 aromatic carbocycles. The lowest BCUT2D eigenvalue weighted by atomic mass is 9.89. The summed E-state index contributed by atoms with van der Waals surface area (Å²) in [5, 5.41) is 10.2. The Labute approximate surface area is 281 Å². The van der Waals surface area contributed by atoms with Crippen molar-refractivity contribution in [3.8, 4) is 44.5 Å². The van der Waals surface area contributed by atoms with Crippen molar-refractivity contribution in [1.29, 1.82) is 0 Å². The predicted octanol–water partition coefficient (Wildman–Crippen LogP) is 13.6. The van der Waals surface area contributed by atoms with Crippen LogP contribution in [0.3, 0.4) is 0 Å². The van der Waals surface area contributed by atoms with Gasteiger partial charge >= 0.3 is 0 Å². The van der Waals surface area contributed by atoms with Gasteiger partial charge in [-0.3, -0.25) is 0 Å². The maximum Gasteiger partial charge on any atom is -0.0105 e. The first kappa shape index (κ1) is 28.3. The van der Waals surface area contributed by atoms with E-state index in [-0.39, 0.29) is 0 Å². The zero-order chi connectivity index (χ0) is 32.2. The molecule has 0 aliphatic carbocycles. The van der Waals surface area contributed by atoms with Gasteiger partial charge in [0.2, 0.25) is 0 Å². The molecule has 0 saturated heterocycles. The topological polar surface area (TPSA) is 0 Å². The Morgan fingerprint density at radius 1 is 0.250 bits per heavy atom. The van der Waals surface area contributed by atoms with Gasteiger partial charge < -0.3 is 0 Å². The second-order valence-corrected chi connectivity index (χ2v) is 13.1. The first-order valence-corrected chi connectivity index (χ1v) is 16.7. The summed E-state index contributed by atoms with van der Waals surface area (Å²) in [5.74, 6) is 0. The van der Waals surface area contributed by atoms with E-state index in [0.29, 0.717) is 0 Å². The Morgan fingerprint density at radius 3 is 1.21 bits per heavy atom. The fraction of sp³-hybridized carbons (Fsp3) is 0.0417. The van der Waals surface area contributed by atoms with Crippen molar-refractivity contribution in [3.05, 3.63) is 181 Å². The van der Waals surface area contributed by atoms with Gasteiger partial charge in [-0.05, 0) is 143 Å². The fourth-order valence-electron chi connectivity index (χ4n) is 7.53. The van der Waals surface area contributed by atoms with Crippen LogP contribution in [-0.2, 0) is 0 Å². The molecule has 0 nitrogen and oxygen atoms in total. The van der Waals surface area contributed by atoms with Gasteiger partial charge in [-0.1, -0.05) is 140 Å². The average molecular weight is 611 g/mol. The standard InChI is InChI=1S/C48H34/c1-31-9-3-6-12-43(31)44-22-19-35(25-32(44)2)40-28-41(36-20-23-47-38(26-36)17-15-33-10-4-7-13-45(33)47)30-42(29-40)37-21-24-48-39(27-37)18-16-34-11-5-8-14-46(34)48/h3-30H,1-2H3. The minimum absolute atomic E-state index is 1.22. The molecule has 0 aliphatic heterocycles. The molecule has 0 aliphatic rings. The van der Waals surface area contributed by atoms with Crippen LogP contribution in [0.1, 0.15) is 11.1 Å². The highest BCUT2D eigenvalue weighted by Gasteiger charge is 2.12. The lowest BCUT2D eigenvalue weighted by molar-refractivity contribution is 1.41. The molecule has 226 valence electrons. The van der Waals surface area contributed by atoms with Crippen LogP contribution in [0.5, 0.6) is 0 Å². The Kier molecular flexibility index (Phi) is 6.69. The monoisotopic (exact) mass is 610 g/mol. The number of hydrogen-bond donors (Lipinski definition) is 0. The summed E-state index contributed by atoms with van der Waals surface area (Å²) in [7, 11) is 0. The SMILES string of the molecule is Cc1ccccc1-c1ccc(-c2cc(-c3ccc4c(ccc5ccccc54)c3)cc(-c3ccc4c(ccc5ccccc54)c3)c2)cc1C. The summed E-state index contributed by atoms with van der Waals surface area (Å²) >= 11 is 0. The number of benzene rings is 9. The normalized spacial score (nSPS) is 11.5. The van der Waals surface area contributed by atoms with E-state index in [2.05, 4.69) is 184 Å². The van der Waals surface area contributed by atoms with E-state index in [1.807, 2.05) is 0 Å². The summed E-state index contributed by atoms with van der Waals surface area (Å²) in [6, 6.07) is 62.8. The van der Waals surface area contributed by atoms with Gasteiger partial charge in [0.15, 0.2) is 0 Å².